The largest absolute Gasteiger partial charge is 0.389 e. The van der Waals surface area contributed by atoms with Gasteiger partial charge in [-0.05, 0) is 31.0 Å². The predicted octanol–water partition coefficient (Wildman–Crippen LogP) is 5.32. The number of carbonyl (C=O) groups excluding carboxylic acids is 2. The van der Waals surface area contributed by atoms with E-state index in [9.17, 15) is 22.8 Å². The summed E-state index contributed by atoms with van der Waals surface area (Å²) >= 11 is 2.37. The van der Waals surface area contributed by atoms with Gasteiger partial charge in [-0.15, -0.1) is 11.3 Å². The molecule has 1 N–H and O–H groups in total. The number of hydrogen-bond acceptors (Lipinski definition) is 5. The van der Waals surface area contributed by atoms with Gasteiger partial charge in [0.25, 0.3) is 0 Å². The summed E-state index contributed by atoms with van der Waals surface area (Å²) in [5.41, 5.74) is 0.709. The molecule has 1 saturated heterocycles. The topological polar surface area (TPSA) is 62.3 Å². The van der Waals surface area contributed by atoms with Gasteiger partial charge in [0.15, 0.2) is 4.34 Å². The van der Waals surface area contributed by atoms with Crippen LogP contribution in [0.3, 0.4) is 0 Å². The summed E-state index contributed by atoms with van der Waals surface area (Å²) in [6.45, 7) is 6.08. The number of amides is 2. The smallest absolute Gasteiger partial charge is 0.330 e. The van der Waals surface area contributed by atoms with Crippen molar-refractivity contribution >= 4 is 50.8 Å². The Morgan fingerprint density at radius 2 is 2.03 bits per heavy atom. The van der Waals surface area contributed by atoms with Gasteiger partial charge < -0.3 is 10.2 Å². The molecule has 2 aromatic rings. The number of rotatable bonds is 5. The zero-order valence-corrected chi connectivity index (χ0v) is 18.6. The number of fused-ring (bicyclic) bond motifs is 1. The summed E-state index contributed by atoms with van der Waals surface area (Å²) in [7, 11) is 0. The van der Waals surface area contributed by atoms with Crippen molar-refractivity contribution < 1.29 is 22.8 Å². The Morgan fingerprint density at radius 1 is 1.30 bits per heavy atom. The van der Waals surface area contributed by atoms with Gasteiger partial charge >= 0.3 is 6.18 Å². The molecule has 10 heteroatoms. The van der Waals surface area contributed by atoms with Crippen molar-refractivity contribution in [2.75, 3.05) is 17.6 Å². The maximum absolute atomic E-state index is 12.8. The molecule has 1 aliphatic rings. The standard InChI is InChI=1S/C20H24F3N3O2S2/c1-19(2,3)17(28)26-9-4-5-14(26)16(27)24-12-6-7-13-15(11-12)30-18(25-13)29-10-8-20(21,22)23/h6-7,11,14H,4-5,8-10H2,1-3H3,(H,24,27). The van der Waals surface area contributed by atoms with E-state index in [0.29, 0.717) is 28.5 Å². The van der Waals surface area contributed by atoms with Gasteiger partial charge in [0.1, 0.15) is 6.04 Å². The molecule has 0 radical (unpaired) electrons. The van der Waals surface area contributed by atoms with Crippen LogP contribution in [0.2, 0.25) is 0 Å². The van der Waals surface area contributed by atoms with Crippen molar-refractivity contribution in [1.82, 2.24) is 9.88 Å². The number of anilines is 1. The van der Waals surface area contributed by atoms with Crippen LogP contribution >= 0.6 is 23.1 Å². The van der Waals surface area contributed by atoms with Gasteiger partial charge in [-0.1, -0.05) is 32.5 Å². The van der Waals surface area contributed by atoms with Crippen LogP contribution in [0.15, 0.2) is 22.5 Å². The quantitative estimate of drug-likeness (QED) is 0.615. The van der Waals surface area contributed by atoms with Crippen LogP contribution in [0.1, 0.15) is 40.0 Å². The maximum atomic E-state index is 12.8. The van der Waals surface area contributed by atoms with E-state index in [0.717, 1.165) is 22.9 Å². The molecule has 0 bridgehead atoms. The number of hydrogen-bond donors (Lipinski definition) is 1. The Morgan fingerprint density at radius 3 is 2.70 bits per heavy atom. The van der Waals surface area contributed by atoms with Crippen molar-refractivity contribution in [3.8, 4) is 0 Å². The highest BCUT2D eigenvalue weighted by Gasteiger charge is 2.38. The lowest BCUT2D eigenvalue weighted by Gasteiger charge is -2.30. The first-order valence-corrected chi connectivity index (χ1v) is 11.5. The van der Waals surface area contributed by atoms with Gasteiger partial charge in [-0.3, -0.25) is 9.59 Å². The fraction of sp³-hybridized carbons (Fsp3) is 0.550. The highest BCUT2D eigenvalue weighted by Crippen LogP contribution is 2.33. The number of thiazole rings is 1. The highest BCUT2D eigenvalue weighted by atomic mass is 32.2. The lowest BCUT2D eigenvalue weighted by molar-refractivity contribution is -0.143. The molecule has 1 aliphatic heterocycles. The van der Waals surface area contributed by atoms with Crippen molar-refractivity contribution in [2.45, 2.75) is 56.6 Å². The van der Waals surface area contributed by atoms with E-state index in [1.807, 2.05) is 20.8 Å². The van der Waals surface area contributed by atoms with Crippen molar-refractivity contribution in [3.05, 3.63) is 18.2 Å². The van der Waals surface area contributed by atoms with E-state index in [1.165, 1.54) is 11.3 Å². The number of nitrogens with one attached hydrogen (secondary N) is 1. The Balaban J connectivity index is 1.66. The fourth-order valence-electron chi connectivity index (χ4n) is 3.24. The summed E-state index contributed by atoms with van der Waals surface area (Å²) in [5, 5.41) is 2.88. The first-order valence-electron chi connectivity index (χ1n) is 9.66. The Labute approximate surface area is 181 Å². The first-order chi connectivity index (χ1) is 13.9. The van der Waals surface area contributed by atoms with E-state index >= 15 is 0 Å². The molecule has 1 unspecified atom stereocenters. The average molecular weight is 460 g/mol. The molecular formula is C20H24F3N3O2S2. The number of nitrogens with zero attached hydrogens (tertiary/aromatic N) is 2. The molecule has 0 aliphatic carbocycles. The third-order valence-electron chi connectivity index (χ3n) is 4.71. The highest BCUT2D eigenvalue weighted by molar-refractivity contribution is 8.01. The monoisotopic (exact) mass is 459 g/mol. The van der Waals surface area contributed by atoms with Crippen LogP contribution in [0.25, 0.3) is 10.2 Å². The van der Waals surface area contributed by atoms with E-state index in [1.54, 1.807) is 23.1 Å². The van der Waals surface area contributed by atoms with Crippen LogP contribution in [0, 0.1) is 5.41 Å². The van der Waals surface area contributed by atoms with Gasteiger partial charge in [0.2, 0.25) is 11.8 Å². The lowest BCUT2D eigenvalue weighted by Crippen LogP contribution is -2.47. The van der Waals surface area contributed by atoms with Crippen LogP contribution in [-0.4, -0.2) is 46.2 Å². The van der Waals surface area contributed by atoms with Crippen LogP contribution in [0.5, 0.6) is 0 Å². The molecule has 1 fully saturated rings. The van der Waals surface area contributed by atoms with E-state index in [-0.39, 0.29) is 17.6 Å². The first kappa shape index (κ1) is 22.9. The molecular weight excluding hydrogens is 435 g/mol. The van der Waals surface area contributed by atoms with E-state index < -0.39 is 24.1 Å². The van der Waals surface area contributed by atoms with Gasteiger partial charge in [0, 0.05) is 23.4 Å². The Hall–Kier alpha value is -1.81. The van der Waals surface area contributed by atoms with Crippen LogP contribution in [-0.2, 0) is 9.59 Å². The van der Waals surface area contributed by atoms with Gasteiger partial charge in [-0.2, -0.15) is 13.2 Å². The molecule has 3 rings (SSSR count). The maximum Gasteiger partial charge on any atom is 0.389 e. The molecule has 2 heterocycles. The summed E-state index contributed by atoms with van der Waals surface area (Å²) in [6.07, 6.45) is -3.63. The third-order valence-corrected chi connectivity index (χ3v) is 6.87. The SMILES string of the molecule is CC(C)(C)C(=O)N1CCCC1C(=O)Nc1ccc2nc(SCCC(F)(F)F)sc2c1. The van der Waals surface area contributed by atoms with Gasteiger partial charge in [0.05, 0.1) is 16.6 Å². The molecule has 0 spiro atoms. The second-order valence-corrected chi connectivity index (χ2v) is 10.6. The average Bonchev–Trinajstić information content (AvgIpc) is 3.25. The number of alkyl halides is 3. The molecule has 5 nitrogen and oxygen atoms in total. The number of carbonyl (C=O) groups is 2. The van der Waals surface area contributed by atoms with Crippen molar-refractivity contribution in [1.29, 1.82) is 0 Å². The van der Waals surface area contributed by atoms with Crippen LogP contribution in [0.4, 0.5) is 18.9 Å². The Kier molecular flexibility index (Phi) is 6.66. The number of benzene rings is 1. The lowest BCUT2D eigenvalue weighted by atomic mass is 9.94. The molecule has 1 aromatic carbocycles. The summed E-state index contributed by atoms with van der Waals surface area (Å²) < 4.78 is 38.3. The minimum absolute atomic E-state index is 0.0430. The molecule has 2 amide bonds. The molecule has 164 valence electrons. The minimum atomic E-state index is -4.18. The van der Waals surface area contributed by atoms with E-state index in [2.05, 4.69) is 10.3 Å². The normalized spacial score (nSPS) is 17.5. The van der Waals surface area contributed by atoms with Crippen molar-refractivity contribution in [3.63, 3.8) is 0 Å². The fourth-order valence-corrected chi connectivity index (χ4v) is 5.40. The summed E-state index contributed by atoms with van der Waals surface area (Å²) in [6, 6.07) is 4.72. The zero-order chi connectivity index (χ0) is 22.1. The van der Waals surface area contributed by atoms with Crippen molar-refractivity contribution in [2.24, 2.45) is 5.41 Å². The molecule has 1 aromatic heterocycles. The summed E-state index contributed by atoms with van der Waals surface area (Å²) in [5.74, 6) is -0.348. The number of aromatic nitrogens is 1. The third kappa shape index (κ3) is 5.66. The molecule has 30 heavy (non-hydrogen) atoms. The second-order valence-electron chi connectivity index (χ2n) is 8.27. The van der Waals surface area contributed by atoms with E-state index in [4.69, 9.17) is 0 Å². The molecule has 0 saturated carbocycles. The molecule has 1 atom stereocenters. The zero-order valence-electron chi connectivity index (χ0n) is 17.0. The van der Waals surface area contributed by atoms with Crippen LogP contribution < -0.4 is 5.32 Å². The van der Waals surface area contributed by atoms with Gasteiger partial charge in [-0.25, -0.2) is 4.98 Å². The minimum Gasteiger partial charge on any atom is -0.330 e. The summed E-state index contributed by atoms with van der Waals surface area (Å²) in [4.78, 5) is 31.4. The number of thioether (sulfide) groups is 1. The Bertz CT molecular complexity index is 938. The number of halogens is 3. The number of likely N-dealkylation sites (tertiary alicyclic amines) is 1. The predicted molar refractivity (Wildman–Crippen MR) is 114 cm³/mol. The second kappa shape index (κ2) is 8.74.